The van der Waals surface area contributed by atoms with Crippen LogP contribution in [0, 0.1) is 11.3 Å². The average Bonchev–Trinajstić information content (AvgIpc) is 2.30. The van der Waals surface area contributed by atoms with Gasteiger partial charge in [0.2, 0.25) is 0 Å². The van der Waals surface area contributed by atoms with Gasteiger partial charge in [-0.2, -0.15) is 5.26 Å². The van der Waals surface area contributed by atoms with Gasteiger partial charge >= 0.3 is 0 Å². The molecule has 78 valence electrons. The van der Waals surface area contributed by atoms with E-state index in [-0.39, 0.29) is 12.2 Å². The minimum Gasteiger partial charge on any atom is -0.373 e. The number of hydrogen-bond donors (Lipinski definition) is 0. The van der Waals surface area contributed by atoms with E-state index in [1.54, 1.807) is 12.1 Å². The standard InChI is InChI=1S/C12H13NO2/c1-9-7-15-12(8-14-9)11-4-2-10(6-13)3-5-11/h2-5,9,12H,7-8H2,1H3/t9-,12-/m1/s1. The van der Waals surface area contributed by atoms with E-state index in [0.29, 0.717) is 18.8 Å². The molecular formula is C12H13NO2. The predicted molar refractivity (Wildman–Crippen MR) is 55.3 cm³/mol. The fourth-order valence-corrected chi connectivity index (χ4v) is 1.56. The van der Waals surface area contributed by atoms with Crippen LogP contribution in [0.25, 0.3) is 0 Å². The Balaban J connectivity index is 2.07. The SMILES string of the molecule is C[C@@H]1CO[C@@H](c2ccc(C#N)cc2)CO1. The average molecular weight is 203 g/mol. The van der Waals surface area contributed by atoms with Crippen molar-refractivity contribution in [3.8, 4) is 6.07 Å². The van der Waals surface area contributed by atoms with E-state index in [1.807, 2.05) is 19.1 Å². The van der Waals surface area contributed by atoms with E-state index in [1.165, 1.54) is 0 Å². The first kappa shape index (κ1) is 10.2. The normalized spacial score (nSPS) is 25.9. The zero-order valence-corrected chi connectivity index (χ0v) is 8.64. The summed E-state index contributed by atoms with van der Waals surface area (Å²) in [5.74, 6) is 0. The van der Waals surface area contributed by atoms with E-state index in [9.17, 15) is 0 Å². The largest absolute Gasteiger partial charge is 0.373 e. The van der Waals surface area contributed by atoms with Gasteiger partial charge in [0.05, 0.1) is 31.0 Å². The second kappa shape index (κ2) is 4.43. The Morgan fingerprint density at radius 2 is 1.93 bits per heavy atom. The summed E-state index contributed by atoms with van der Waals surface area (Å²) in [4.78, 5) is 0. The Bertz CT molecular complexity index is 358. The number of rotatable bonds is 1. The van der Waals surface area contributed by atoms with Gasteiger partial charge in [0.15, 0.2) is 0 Å². The Labute approximate surface area is 89.2 Å². The van der Waals surface area contributed by atoms with Gasteiger partial charge in [-0.25, -0.2) is 0 Å². The van der Waals surface area contributed by atoms with Crippen LogP contribution in [0.5, 0.6) is 0 Å². The topological polar surface area (TPSA) is 42.2 Å². The molecule has 0 aromatic heterocycles. The van der Waals surface area contributed by atoms with Crippen molar-refractivity contribution in [2.45, 2.75) is 19.1 Å². The number of nitrogens with zero attached hydrogens (tertiary/aromatic N) is 1. The van der Waals surface area contributed by atoms with Gasteiger partial charge in [-0.3, -0.25) is 0 Å². The highest BCUT2D eigenvalue weighted by Gasteiger charge is 2.20. The summed E-state index contributed by atoms with van der Waals surface area (Å²) in [5, 5.41) is 8.67. The lowest BCUT2D eigenvalue weighted by Gasteiger charge is -2.27. The molecule has 3 nitrogen and oxygen atoms in total. The van der Waals surface area contributed by atoms with Gasteiger partial charge in [0.1, 0.15) is 6.10 Å². The Morgan fingerprint density at radius 3 is 2.47 bits per heavy atom. The zero-order valence-electron chi connectivity index (χ0n) is 8.64. The highest BCUT2D eigenvalue weighted by Crippen LogP contribution is 2.22. The van der Waals surface area contributed by atoms with Crippen LogP contribution in [-0.4, -0.2) is 19.3 Å². The number of ether oxygens (including phenoxy) is 2. The van der Waals surface area contributed by atoms with Crippen molar-refractivity contribution in [2.75, 3.05) is 13.2 Å². The van der Waals surface area contributed by atoms with Gasteiger partial charge in [-0.05, 0) is 24.6 Å². The predicted octanol–water partition coefficient (Wildman–Crippen LogP) is 2.03. The molecule has 0 radical (unpaired) electrons. The molecule has 0 aliphatic carbocycles. The maximum absolute atomic E-state index is 8.67. The van der Waals surface area contributed by atoms with E-state index < -0.39 is 0 Å². The summed E-state index contributed by atoms with van der Waals surface area (Å²) in [5.41, 5.74) is 1.74. The minimum absolute atomic E-state index is 0.00828. The third-order valence-corrected chi connectivity index (χ3v) is 2.48. The first-order chi connectivity index (χ1) is 7.29. The van der Waals surface area contributed by atoms with Crippen LogP contribution in [0.2, 0.25) is 0 Å². The monoisotopic (exact) mass is 203 g/mol. The van der Waals surface area contributed by atoms with Crippen molar-refractivity contribution in [3.05, 3.63) is 35.4 Å². The lowest BCUT2D eigenvalue weighted by Crippen LogP contribution is -2.28. The lowest BCUT2D eigenvalue weighted by molar-refractivity contribution is -0.128. The van der Waals surface area contributed by atoms with Gasteiger partial charge in [-0.1, -0.05) is 12.1 Å². The summed E-state index contributed by atoms with van der Waals surface area (Å²) in [6.07, 6.45) is 0.188. The van der Waals surface area contributed by atoms with Crippen LogP contribution < -0.4 is 0 Å². The number of benzene rings is 1. The Morgan fingerprint density at radius 1 is 1.20 bits per heavy atom. The van der Waals surface area contributed by atoms with Crippen molar-refractivity contribution in [3.63, 3.8) is 0 Å². The highest BCUT2D eigenvalue weighted by atomic mass is 16.6. The third-order valence-electron chi connectivity index (χ3n) is 2.48. The van der Waals surface area contributed by atoms with Gasteiger partial charge < -0.3 is 9.47 Å². The molecule has 1 aliphatic heterocycles. The van der Waals surface area contributed by atoms with Gasteiger partial charge in [0, 0.05) is 0 Å². The molecule has 1 aromatic carbocycles. The van der Waals surface area contributed by atoms with Crippen molar-refractivity contribution in [1.82, 2.24) is 0 Å². The molecule has 2 atom stereocenters. The molecule has 1 aliphatic rings. The molecule has 3 heteroatoms. The van der Waals surface area contributed by atoms with Crippen molar-refractivity contribution in [2.24, 2.45) is 0 Å². The van der Waals surface area contributed by atoms with Crippen molar-refractivity contribution >= 4 is 0 Å². The fourth-order valence-electron chi connectivity index (χ4n) is 1.56. The maximum Gasteiger partial charge on any atom is 0.106 e. The number of hydrogen-bond acceptors (Lipinski definition) is 3. The first-order valence-electron chi connectivity index (χ1n) is 5.03. The molecule has 2 rings (SSSR count). The van der Waals surface area contributed by atoms with Gasteiger partial charge in [-0.15, -0.1) is 0 Å². The van der Waals surface area contributed by atoms with Crippen LogP contribution in [0.15, 0.2) is 24.3 Å². The van der Waals surface area contributed by atoms with E-state index in [2.05, 4.69) is 6.07 Å². The molecule has 1 heterocycles. The second-order valence-corrected chi connectivity index (χ2v) is 3.70. The Kier molecular flexibility index (Phi) is 3.00. The molecule has 1 aromatic rings. The molecular weight excluding hydrogens is 190 g/mol. The zero-order chi connectivity index (χ0) is 10.7. The lowest BCUT2D eigenvalue weighted by atomic mass is 10.1. The van der Waals surface area contributed by atoms with Crippen molar-refractivity contribution < 1.29 is 9.47 Å². The molecule has 0 saturated carbocycles. The van der Waals surface area contributed by atoms with E-state index in [4.69, 9.17) is 14.7 Å². The molecule has 0 amide bonds. The van der Waals surface area contributed by atoms with E-state index in [0.717, 1.165) is 5.56 Å². The molecule has 0 bridgehead atoms. The minimum atomic E-state index is 0.00828. The van der Waals surface area contributed by atoms with Crippen LogP contribution in [-0.2, 0) is 9.47 Å². The molecule has 1 fully saturated rings. The molecule has 15 heavy (non-hydrogen) atoms. The van der Waals surface area contributed by atoms with Crippen LogP contribution in [0.3, 0.4) is 0 Å². The highest BCUT2D eigenvalue weighted by molar-refractivity contribution is 5.32. The number of nitriles is 1. The summed E-state index contributed by atoms with van der Waals surface area (Å²) < 4.78 is 11.2. The van der Waals surface area contributed by atoms with Crippen LogP contribution in [0.1, 0.15) is 24.2 Å². The smallest absolute Gasteiger partial charge is 0.106 e. The second-order valence-electron chi connectivity index (χ2n) is 3.70. The van der Waals surface area contributed by atoms with Gasteiger partial charge in [0.25, 0.3) is 0 Å². The Hall–Kier alpha value is -1.37. The van der Waals surface area contributed by atoms with E-state index >= 15 is 0 Å². The maximum atomic E-state index is 8.67. The quantitative estimate of drug-likeness (QED) is 0.701. The molecule has 0 N–H and O–H groups in total. The summed E-state index contributed by atoms with van der Waals surface area (Å²) in [6.45, 7) is 3.22. The van der Waals surface area contributed by atoms with Crippen LogP contribution >= 0.6 is 0 Å². The summed E-state index contributed by atoms with van der Waals surface area (Å²) >= 11 is 0. The fraction of sp³-hybridized carbons (Fsp3) is 0.417. The molecule has 0 unspecified atom stereocenters. The van der Waals surface area contributed by atoms with Crippen LogP contribution in [0.4, 0.5) is 0 Å². The summed E-state index contributed by atoms with van der Waals surface area (Å²) in [7, 11) is 0. The third kappa shape index (κ3) is 2.35. The molecule has 1 saturated heterocycles. The summed E-state index contributed by atoms with van der Waals surface area (Å²) in [6, 6.07) is 9.54. The molecule has 0 spiro atoms. The first-order valence-corrected chi connectivity index (χ1v) is 5.03. The van der Waals surface area contributed by atoms with Crippen molar-refractivity contribution in [1.29, 1.82) is 5.26 Å².